The first-order valence-corrected chi connectivity index (χ1v) is 26.2. The summed E-state index contributed by atoms with van der Waals surface area (Å²) in [6.07, 6.45) is 0. The van der Waals surface area contributed by atoms with Crippen LogP contribution in [-0.4, -0.2) is 18.3 Å². The molecular weight excluding hydrogens is 921 g/mol. The summed E-state index contributed by atoms with van der Waals surface area (Å²) in [7, 11) is 0. The Bertz CT molecular complexity index is 4640. The van der Waals surface area contributed by atoms with Crippen LogP contribution in [0.25, 0.3) is 143 Å². The number of rotatable bonds is 7. The molecule has 4 heteroatoms. The Morgan fingerprint density at radius 2 is 0.461 bits per heavy atom. The Balaban J connectivity index is 0.969. The summed E-state index contributed by atoms with van der Waals surface area (Å²) in [4.78, 5) is 0. The number of benzene rings is 12. The molecule has 0 aliphatic rings. The summed E-state index contributed by atoms with van der Waals surface area (Å²) >= 11 is 0. The van der Waals surface area contributed by atoms with Gasteiger partial charge in [-0.2, -0.15) is 0 Å². The summed E-state index contributed by atoms with van der Waals surface area (Å²) in [6.45, 7) is 0. The van der Waals surface area contributed by atoms with Crippen LogP contribution in [0.1, 0.15) is 0 Å². The van der Waals surface area contributed by atoms with Gasteiger partial charge in [0.25, 0.3) is 0 Å². The van der Waals surface area contributed by atoms with Crippen LogP contribution in [0.4, 0.5) is 0 Å². The van der Waals surface area contributed by atoms with E-state index in [1.54, 1.807) is 0 Å². The third-order valence-electron chi connectivity index (χ3n) is 15.9. The molecule has 0 fully saturated rings. The van der Waals surface area contributed by atoms with Crippen molar-refractivity contribution in [3.63, 3.8) is 0 Å². The van der Waals surface area contributed by atoms with Crippen molar-refractivity contribution in [2.24, 2.45) is 0 Å². The van der Waals surface area contributed by atoms with Crippen molar-refractivity contribution in [1.29, 1.82) is 0 Å². The number of hydrogen-bond donors (Lipinski definition) is 0. The number of para-hydroxylation sites is 8. The predicted octanol–water partition coefficient (Wildman–Crippen LogP) is 19.1. The number of aromatic nitrogens is 4. The Morgan fingerprint density at radius 1 is 0.184 bits per heavy atom. The molecule has 0 unspecified atom stereocenters. The quantitative estimate of drug-likeness (QED) is 0.152. The fourth-order valence-electron chi connectivity index (χ4n) is 12.8. The van der Waals surface area contributed by atoms with Crippen LogP contribution in [-0.2, 0) is 0 Å². The Labute approximate surface area is 438 Å². The number of hydrogen-bond acceptors (Lipinski definition) is 0. The molecule has 16 aromatic rings. The molecule has 4 nitrogen and oxygen atoms in total. The molecule has 0 bridgehead atoms. The van der Waals surface area contributed by atoms with Gasteiger partial charge >= 0.3 is 0 Å². The molecule has 76 heavy (non-hydrogen) atoms. The van der Waals surface area contributed by atoms with Gasteiger partial charge in [-0.3, -0.25) is 0 Å². The second-order valence-corrected chi connectivity index (χ2v) is 20.0. The van der Waals surface area contributed by atoms with Gasteiger partial charge in [0.15, 0.2) is 0 Å². The lowest BCUT2D eigenvalue weighted by Gasteiger charge is -2.16. The first-order chi connectivity index (χ1) is 37.8. The van der Waals surface area contributed by atoms with Gasteiger partial charge in [-0.1, -0.05) is 182 Å². The van der Waals surface area contributed by atoms with Crippen LogP contribution in [0.5, 0.6) is 0 Å². The van der Waals surface area contributed by atoms with Crippen molar-refractivity contribution in [3.8, 4) is 56.1 Å². The lowest BCUT2D eigenvalue weighted by atomic mass is 9.93. The predicted molar refractivity (Wildman–Crippen MR) is 320 cm³/mol. The van der Waals surface area contributed by atoms with E-state index in [0.717, 1.165) is 45.0 Å². The maximum atomic E-state index is 2.49. The van der Waals surface area contributed by atoms with E-state index in [2.05, 4.69) is 297 Å². The van der Waals surface area contributed by atoms with Gasteiger partial charge in [0.2, 0.25) is 0 Å². The molecule has 0 spiro atoms. The molecule has 0 saturated heterocycles. The zero-order chi connectivity index (χ0) is 49.8. The normalized spacial score (nSPS) is 11.9. The molecule has 0 amide bonds. The standard InChI is InChI=1S/C72H46N4/c1-5-27-51(28-6-1)73-63-39-17-13-35-55(63)61-45-59(69-67(71(61)73)57-37-15-19-41-65(57)75(69)53-31-9-3-10-32-53)49-25-21-23-47(43-49)48-24-22-26-50(44-48)60-46-62-56-36-14-18-40-64(56)74(52-29-7-2-8-30-52)72(62)68-58-38-16-20-42-66(58)76(70(60)68)54-33-11-4-12-34-54/h1-46H. The van der Waals surface area contributed by atoms with E-state index >= 15 is 0 Å². The van der Waals surface area contributed by atoms with Crippen molar-refractivity contribution in [1.82, 2.24) is 18.3 Å². The van der Waals surface area contributed by atoms with Crippen LogP contribution in [0.2, 0.25) is 0 Å². The van der Waals surface area contributed by atoms with Crippen molar-refractivity contribution < 1.29 is 0 Å². The van der Waals surface area contributed by atoms with Gasteiger partial charge in [0.1, 0.15) is 0 Å². The van der Waals surface area contributed by atoms with Crippen LogP contribution in [0, 0.1) is 0 Å². The minimum absolute atomic E-state index is 1.13. The Hall–Kier alpha value is -10.2. The van der Waals surface area contributed by atoms with Crippen LogP contribution >= 0.6 is 0 Å². The minimum Gasteiger partial charge on any atom is -0.309 e. The second kappa shape index (κ2) is 16.7. The molecule has 0 radical (unpaired) electrons. The molecule has 354 valence electrons. The Kier molecular flexibility index (Phi) is 9.30. The topological polar surface area (TPSA) is 19.7 Å². The van der Waals surface area contributed by atoms with Crippen LogP contribution in [0.15, 0.2) is 279 Å². The van der Waals surface area contributed by atoms with E-state index in [1.807, 2.05) is 0 Å². The maximum absolute atomic E-state index is 2.49. The highest BCUT2D eigenvalue weighted by Crippen LogP contribution is 2.49. The summed E-state index contributed by atoms with van der Waals surface area (Å²) in [5.74, 6) is 0. The van der Waals surface area contributed by atoms with E-state index in [9.17, 15) is 0 Å². The molecule has 0 atom stereocenters. The average molecular weight is 967 g/mol. The van der Waals surface area contributed by atoms with Crippen molar-refractivity contribution in [2.45, 2.75) is 0 Å². The maximum Gasteiger partial charge on any atom is 0.0641 e. The van der Waals surface area contributed by atoms with Gasteiger partial charge in [0, 0.05) is 77.0 Å². The lowest BCUT2D eigenvalue weighted by Crippen LogP contribution is -1.97. The number of nitrogens with zero attached hydrogens (tertiary/aromatic N) is 4. The Morgan fingerprint density at radius 3 is 0.816 bits per heavy atom. The fraction of sp³-hybridized carbons (Fsp3) is 0. The third kappa shape index (κ3) is 6.19. The summed E-state index contributed by atoms with van der Waals surface area (Å²) < 4.78 is 9.93. The van der Waals surface area contributed by atoms with Gasteiger partial charge in [-0.25, -0.2) is 0 Å². The van der Waals surface area contributed by atoms with Crippen molar-refractivity contribution in [3.05, 3.63) is 279 Å². The summed E-state index contributed by atoms with van der Waals surface area (Å²) in [6, 6.07) is 103. The molecular formula is C72H46N4. The lowest BCUT2D eigenvalue weighted by molar-refractivity contribution is 1.17. The fourth-order valence-corrected chi connectivity index (χ4v) is 12.8. The van der Waals surface area contributed by atoms with Gasteiger partial charge < -0.3 is 18.3 Å². The average Bonchev–Trinajstić information content (AvgIpc) is 4.25. The molecule has 4 heterocycles. The molecule has 4 aromatic heterocycles. The zero-order valence-electron chi connectivity index (χ0n) is 41.3. The SMILES string of the molecule is c1ccc(-n2c3ccccc3c3c2c(-c2cccc(-c4cccc(-c5cc6c7ccccc7n(-c7ccccc7)c6c6c7ccccc7n(-c7ccccc7)c56)c4)c2)cc2c4ccccc4n(-c4ccccc4)c23)cc1. The monoisotopic (exact) mass is 966 g/mol. The van der Waals surface area contributed by atoms with E-state index in [4.69, 9.17) is 0 Å². The second-order valence-electron chi connectivity index (χ2n) is 20.0. The minimum atomic E-state index is 1.13. The first kappa shape index (κ1) is 42.4. The van der Waals surface area contributed by atoms with E-state index in [-0.39, 0.29) is 0 Å². The molecule has 0 N–H and O–H groups in total. The highest BCUT2D eigenvalue weighted by atomic mass is 15.0. The molecule has 16 rings (SSSR count). The van der Waals surface area contributed by atoms with Crippen molar-refractivity contribution in [2.75, 3.05) is 0 Å². The first-order valence-electron chi connectivity index (χ1n) is 26.2. The number of fused-ring (bicyclic) bond motifs is 14. The van der Waals surface area contributed by atoms with Gasteiger partial charge in [-0.15, -0.1) is 0 Å². The van der Waals surface area contributed by atoms with Gasteiger partial charge in [0.05, 0.1) is 44.1 Å². The molecule has 0 aliphatic heterocycles. The van der Waals surface area contributed by atoms with Crippen molar-refractivity contribution >= 4 is 87.2 Å². The highest BCUT2D eigenvalue weighted by molar-refractivity contribution is 6.31. The van der Waals surface area contributed by atoms with Gasteiger partial charge in [-0.05, 0) is 119 Å². The molecule has 12 aromatic carbocycles. The van der Waals surface area contributed by atoms with Crippen LogP contribution in [0.3, 0.4) is 0 Å². The molecule has 0 saturated carbocycles. The zero-order valence-corrected chi connectivity index (χ0v) is 41.3. The highest BCUT2D eigenvalue weighted by Gasteiger charge is 2.27. The van der Waals surface area contributed by atoms with E-state index < -0.39 is 0 Å². The van der Waals surface area contributed by atoms with Crippen LogP contribution < -0.4 is 0 Å². The summed E-state index contributed by atoms with van der Waals surface area (Å²) in [5.41, 5.74) is 21.1. The van der Waals surface area contributed by atoms with E-state index in [1.165, 1.54) is 98.4 Å². The van der Waals surface area contributed by atoms with E-state index in [0.29, 0.717) is 0 Å². The summed E-state index contributed by atoms with van der Waals surface area (Å²) in [5, 5.41) is 9.84. The smallest absolute Gasteiger partial charge is 0.0641 e. The third-order valence-corrected chi connectivity index (χ3v) is 15.9. The largest absolute Gasteiger partial charge is 0.309 e. The molecule has 0 aliphatic carbocycles.